The highest BCUT2D eigenvalue weighted by atomic mass is 16.5. The van der Waals surface area contributed by atoms with E-state index in [-0.39, 0.29) is 5.91 Å². The van der Waals surface area contributed by atoms with Gasteiger partial charge in [-0.1, -0.05) is 6.07 Å². The van der Waals surface area contributed by atoms with Gasteiger partial charge in [0, 0.05) is 37.9 Å². The van der Waals surface area contributed by atoms with Crippen LogP contribution in [0.25, 0.3) is 0 Å². The van der Waals surface area contributed by atoms with Gasteiger partial charge in [0.05, 0.1) is 25.2 Å². The van der Waals surface area contributed by atoms with Gasteiger partial charge in [0.25, 0.3) is 5.91 Å². The smallest absolute Gasteiger partial charge is 0.255 e. The number of amides is 1. The number of aromatic nitrogens is 3. The largest absolute Gasteiger partial charge is 0.497 e. The molecule has 1 aliphatic heterocycles. The van der Waals surface area contributed by atoms with Crippen LogP contribution in [0.5, 0.6) is 5.75 Å². The van der Waals surface area contributed by atoms with Crippen LogP contribution in [0, 0.1) is 0 Å². The van der Waals surface area contributed by atoms with E-state index in [0.717, 1.165) is 32.0 Å². The molecule has 1 fully saturated rings. The molecule has 8 nitrogen and oxygen atoms in total. The molecule has 0 unspecified atom stereocenters. The highest BCUT2D eigenvalue weighted by Gasteiger charge is 2.19. The summed E-state index contributed by atoms with van der Waals surface area (Å²) in [6, 6.07) is 12.9. The minimum Gasteiger partial charge on any atom is -0.497 e. The summed E-state index contributed by atoms with van der Waals surface area (Å²) in [4.78, 5) is 30.0. The quantitative estimate of drug-likeness (QED) is 0.716. The molecule has 2 aromatic heterocycles. The third-order valence-electron chi connectivity index (χ3n) is 4.78. The third-order valence-corrected chi connectivity index (χ3v) is 4.78. The number of nitrogens with one attached hydrogen (secondary N) is 1. The average Bonchev–Trinajstić information content (AvgIpc) is 2.80. The summed E-state index contributed by atoms with van der Waals surface area (Å²) in [7, 11) is 1.59. The highest BCUT2D eigenvalue weighted by molar-refractivity contribution is 6.04. The number of anilines is 3. The van der Waals surface area contributed by atoms with Crippen molar-refractivity contribution in [3.05, 3.63) is 66.6 Å². The Balaban J connectivity index is 1.34. The third kappa shape index (κ3) is 4.43. The first-order chi connectivity index (χ1) is 14.2. The van der Waals surface area contributed by atoms with Crippen LogP contribution in [0.1, 0.15) is 10.4 Å². The first-order valence-corrected chi connectivity index (χ1v) is 9.41. The fourth-order valence-electron chi connectivity index (χ4n) is 3.17. The molecule has 3 aromatic rings. The maximum Gasteiger partial charge on any atom is 0.255 e. The van der Waals surface area contributed by atoms with Crippen molar-refractivity contribution in [3.8, 4) is 5.75 Å². The number of carbonyl (C=O) groups is 1. The number of nitrogens with zero attached hydrogens (tertiary/aromatic N) is 5. The molecule has 0 bridgehead atoms. The molecule has 8 heteroatoms. The molecule has 1 amide bonds. The van der Waals surface area contributed by atoms with Crippen LogP contribution in [0.15, 0.2) is 61.1 Å². The molecule has 1 saturated heterocycles. The van der Waals surface area contributed by atoms with E-state index in [9.17, 15) is 4.79 Å². The zero-order valence-electron chi connectivity index (χ0n) is 16.2. The molecule has 0 radical (unpaired) electrons. The predicted octanol–water partition coefficient (Wildman–Crippen LogP) is 2.46. The van der Waals surface area contributed by atoms with Crippen molar-refractivity contribution in [2.45, 2.75) is 0 Å². The minimum absolute atomic E-state index is 0.215. The highest BCUT2D eigenvalue weighted by Crippen LogP contribution is 2.17. The van der Waals surface area contributed by atoms with Crippen LogP contribution >= 0.6 is 0 Å². The summed E-state index contributed by atoms with van der Waals surface area (Å²) in [5.41, 5.74) is 1.10. The molecular formula is C21H22N6O2. The standard InChI is InChI=1S/C21H22N6O2/c1-29-18-7-5-16(6-8-18)20(28)25-17-14-23-21(24-15-17)27-12-10-26(11-13-27)19-4-2-3-9-22-19/h2-9,14-15H,10-13H2,1H3,(H,25,28). The fraction of sp³-hybridized carbons (Fsp3) is 0.238. The summed E-state index contributed by atoms with van der Waals surface area (Å²) in [6.45, 7) is 3.34. The van der Waals surface area contributed by atoms with Gasteiger partial charge in [-0.2, -0.15) is 0 Å². The maximum atomic E-state index is 12.3. The predicted molar refractivity (Wildman–Crippen MR) is 112 cm³/mol. The molecule has 29 heavy (non-hydrogen) atoms. The van der Waals surface area contributed by atoms with Crippen LogP contribution in [0.2, 0.25) is 0 Å². The number of carbonyl (C=O) groups excluding carboxylic acids is 1. The van der Waals surface area contributed by atoms with Crippen LogP contribution in [-0.2, 0) is 0 Å². The number of ether oxygens (including phenoxy) is 1. The van der Waals surface area contributed by atoms with Gasteiger partial charge in [-0.15, -0.1) is 0 Å². The molecule has 0 atom stereocenters. The van der Waals surface area contributed by atoms with E-state index in [4.69, 9.17) is 4.74 Å². The van der Waals surface area contributed by atoms with E-state index in [1.807, 2.05) is 24.4 Å². The molecular weight excluding hydrogens is 368 g/mol. The molecule has 4 rings (SSSR count). The van der Waals surface area contributed by atoms with Gasteiger partial charge in [-0.05, 0) is 36.4 Å². The molecule has 148 valence electrons. The molecule has 0 aliphatic carbocycles. The Bertz CT molecular complexity index is 939. The normalized spacial score (nSPS) is 13.8. The Hall–Kier alpha value is -3.68. The van der Waals surface area contributed by atoms with E-state index in [0.29, 0.717) is 22.9 Å². The van der Waals surface area contributed by atoms with Gasteiger partial charge in [0.1, 0.15) is 11.6 Å². The molecule has 1 N–H and O–H groups in total. The number of hydrogen-bond acceptors (Lipinski definition) is 7. The van der Waals surface area contributed by atoms with E-state index in [1.165, 1.54) is 0 Å². The number of benzene rings is 1. The number of rotatable bonds is 5. The lowest BCUT2D eigenvalue weighted by molar-refractivity contribution is 0.102. The van der Waals surface area contributed by atoms with Crippen molar-refractivity contribution in [2.24, 2.45) is 0 Å². The minimum atomic E-state index is -0.215. The van der Waals surface area contributed by atoms with Gasteiger partial charge < -0.3 is 19.9 Å². The number of pyridine rings is 1. The zero-order chi connectivity index (χ0) is 20.1. The molecule has 1 aliphatic rings. The zero-order valence-corrected chi connectivity index (χ0v) is 16.2. The summed E-state index contributed by atoms with van der Waals surface area (Å²) in [5, 5.41) is 2.81. The van der Waals surface area contributed by atoms with Crippen molar-refractivity contribution in [1.29, 1.82) is 0 Å². The van der Waals surface area contributed by atoms with E-state index in [1.54, 1.807) is 43.8 Å². The Morgan fingerprint density at radius 1 is 0.931 bits per heavy atom. The SMILES string of the molecule is COc1ccc(C(=O)Nc2cnc(N3CCN(c4ccccn4)CC3)nc2)cc1. The lowest BCUT2D eigenvalue weighted by Crippen LogP contribution is -2.47. The number of hydrogen-bond donors (Lipinski definition) is 1. The van der Waals surface area contributed by atoms with Crippen LogP contribution in [0.4, 0.5) is 17.5 Å². The average molecular weight is 390 g/mol. The molecule has 3 heterocycles. The second-order valence-corrected chi connectivity index (χ2v) is 6.62. The second kappa shape index (κ2) is 8.55. The van der Waals surface area contributed by atoms with Gasteiger partial charge >= 0.3 is 0 Å². The Kier molecular flexibility index (Phi) is 5.51. The van der Waals surface area contributed by atoms with Gasteiger partial charge in [0.2, 0.25) is 5.95 Å². The lowest BCUT2D eigenvalue weighted by Gasteiger charge is -2.35. The van der Waals surface area contributed by atoms with Gasteiger partial charge in [-0.3, -0.25) is 4.79 Å². The Labute approximate surface area is 169 Å². The van der Waals surface area contributed by atoms with Crippen molar-refractivity contribution < 1.29 is 9.53 Å². The fourth-order valence-corrected chi connectivity index (χ4v) is 3.17. The Morgan fingerprint density at radius 2 is 1.62 bits per heavy atom. The van der Waals surface area contributed by atoms with E-state index in [2.05, 4.69) is 30.1 Å². The molecule has 1 aromatic carbocycles. The summed E-state index contributed by atoms with van der Waals surface area (Å²) >= 11 is 0. The van der Waals surface area contributed by atoms with Gasteiger partial charge in [-0.25, -0.2) is 15.0 Å². The maximum absolute atomic E-state index is 12.3. The first kappa shape index (κ1) is 18.7. The van der Waals surface area contributed by atoms with Crippen LogP contribution < -0.4 is 19.9 Å². The van der Waals surface area contributed by atoms with Crippen LogP contribution in [-0.4, -0.2) is 54.1 Å². The summed E-state index contributed by atoms with van der Waals surface area (Å²) in [6.07, 6.45) is 5.08. The first-order valence-electron chi connectivity index (χ1n) is 9.41. The summed E-state index contributed by atoms with van der Waals surface area (Å²) in [5.74, 6) is 2.14. The van der Waals surface area contributed by atoms with Gasteiger partial charge in [0.15, 0.2) is 0 Å². The molecule has 0 spiro atoms. The molecule has 0 saturated carbocycles. The van der Waals surface area contributed by atoms with E-state index < -0.39 is 0 Å². The topological polar surface area (TPSA) is 83.5 Å². The number of piperazine rings is 1. The van der Waals surface area contributed by atoms with E-state index >= 15 is 0 Å². The monoisotopic (exact) mass is 390 g/mol. The second-order valence-electron chi connectivity index (χ2n) is 6.62. The number of methoxy groups -OCH3 is 1. The van der Waals surface area contributed by atoms with Crippen molar-refractivity contribution >= 4 is 23.4 Å². The lowest BCUT2D eigenvalue weighted by atomic mass is 10.2. The van der Waals surface area contributed by atoms with Crippen molar-refractivity contribution in [1.82, 2.24) is 15.0 Å². The summed E-state index contributed by atoms with van der Waals surface area (Å²) < 4.78 is 5.11. The Morgan fingerprint density at radius 3 is 2.24 bits per heavy atom. The van der Waals surface area contributed by atoms with Crippen molar-refractivity contribution in [2.75, 3.05) is 48.4 Å². The van der Waals surface area contributed by atoms with Crippen molar-refractivity contribution in [3.63, 3.8) is 0 Å². The van der Waals surface area contributed by atoms with Crippen LogP contribution in [0.3, 0.4) is 0 Å².